The Morgan fingerprint density at radius 1 is 1.75 bits per heavy atom. The summed E-state index contributed by atoms with van der Waals surface area (Å²) in [6.45, 7) is 6.00. The van der Waals surface area contributed by atoms with E-state index in [1.54, 1.807) is 0 Å². The molecule has 1 rings (SSSR count). The third-order valence-corrected chi connectivity index (χ3v) is 2.47. The maximum atomic E-state index is 5.44. The molecule has 1 heterocycles. The van der Waals surface area contributed by atoms with Gasteiger partial charge in [-0.3, -0.25) is 0 Å². The van der Waals surface area contributed by atoms with Crippen LogP contribution in [0.15, 0.2) is 0 Å². The quantitative estimate of drug-likeness (QED) is 0.634. The van der Waals surface area contributed by atoms with Crippen molar-refractivity contribution in [3.05, 3.63) is 0 Å². The molecule has 0 aromatic heterocycles. The molecule has 3 atom stereocenters. The van der Waals surface area contributed by atoms with E-state index in [0.29, 0.717) is 12.0 Å². The number of rotatable bonds is 3. The maximum absolute atomic E-state index is 5.44. The molecule has 2 nitrogen and oxygen atoms in total. The Labute approximate surface area is 74.7 Å². The Morgan fingerprint density at radius 3 is 3.00 bits per heavy atom. The van der Waals surface area contributed by atoms with Gasteiger partial charge >= 0.3 is 0 Å². The van der Waals surface area contributed by atoms with Gasteiger partial charge in [-0.25, -0.2) is 0 Å². The number of terminal acetylenes is 1. The van der Waals surface area contributed by atoms with Gasteiger partial charge in [0.2, 0.25) is 0 Å². The van der Waals surface area contributed by atoms with Crippen LogP contribution >= 0.6 is 0 Å². The monoisotopic (exact) mass is 167 g/mol. The summed E-state index contributed by atoms with van der Waals surface area (Å²) in [6, 6.07) is 0.179. The molecule has 1 aliphatic rings. The lowest BCUT2D eigenvalue weighted by molar-refractivity contribution is 0.105. The lowest BCUT2D eigenvalue weighted by Gasteiger charge is -2.15. The minimum Gasteiger partial charge on any atom is -0.378 e. The van der Waals surface area contributed by atoms with Crippen LogP contribution in [0.1, 0.15) is 20.3 Å². The Bertz CT molecular complexity index is 173. The first kappa shape index (κ1) is 9.57. The van der Waals surface area contributed by atoms with Gasteiger partial charge in [-0.1, -0.05) is 5.92 Å². The first-order valence-electron chi connectivity index (χ1n) is 4.55. The molecule has 0 radical (unpaired) electrons. The van der Waals surface area contributed by atoms with E-state index in [1.807, 2.05) is 6.92 Å². The molecule has 1 N–H and O–H groups in total. The highest BCUT2D eigenvalue weighted by Crippen LogP contribution is 2.19. The van der Waals surface area contributed by atoms with Gasteiger partial charge in [0, 0.05) is 13.2 Å². The fourth-order valence-electron chi connectivity index (χ4n) is 1.43. The van der Waals surface area contributed by atoms with Crippen LogP contribution < -0.4 is 5.32 Å². The number of hydrogen-bond acceptors (Lipinski definition) is 2. The zero-order valence-electron chi connectivity index (χ0n) is 7.84. The van der Waals surface area contributed by atoms with Gasteiger partial charge in [0.05, 0.1) is 12.1 Å². The molecule has 0 bridgehead atoms. The minimum atomic E-state index is 0.179. The summed E-state index contributed by atoms with van der Waals surface area (Å²) < 4.78 is 5.44. The van der Waals surface area contributed by atoms with Crippen molar-refractivity contribution in [3.8, 4) is 12.3 Å². The van der Waals surface area contributed by atoms with Gasteiger partial charge in [0.1, 0.15) is 0 Å². The molecule has 68 valence electrons. The highest BCUT2D eigenvalue weighted by atomic mass is 16.5. The van der Waals surface area contributed by atoms with E-state index in [4.69, 9.17) is 11.2 Å². The molecule has 12 heavy (non-hydrogen) atoms. The highest BCUT2D eigenvalue weighted by Gasteiger charge is 2.23. The third kappa shape index (κ3) is 2.51. The SMILES string of the molecule is C#CC(C)NCC1CCOC1C. The average Bonchev–Trinajstić information content (AvgIpc) is 2.47. The van der Waals surface area contributed by atoms with Crippen LogP contribution in [-0.2, 0) is 4.74 Å². The second kappa shape index (κ2) is 4.49. The van der Waals surface area contributed by atoms with Crippen LogP contribution in [0.3, 0.4) is 0 Å². The lowest BCUT2D eigenvalue weighted by Crippen LogP contribution is -2.32. The molecule has 0 aromatic rings. The molecule has 0 aromatic carbocycles. The molecule has 2 heteroatoms. The smallest absolute Gasteiger partial charge is 0.0658 e. The molecule has 0 aliphatic carbocycles. The Balaban J connectivity index is 2.19. The number of nitrogens with one attached hydrogen (secondary N) is 1. The second-order valence-corrected chi connectivity index (χ2v) is 3.42. The van der Waals surface area contributed by atoms with E-state index < -0.39 is 0 Å². The first-order chi connectivity index (χ1) is 5.74. The average molecular weight is 167 g/mol. The molecule has 3 unspecified atom stereocenters. The lowest BCUT2D eigenvalue weighted by atomic mass is 10.0. The predicted octanol–water partition coefficient (Wildman–Crippen LogP) is 1.02. The zero-order chi connectivity index (χ0) is 8.97. The van der Waals surface area contributed by atoms with Crippen LogP contribution in [0.4, 0.5) is 0 Å². The van der Waals surface area contributed by atoms with Gasteiger partial charge in [0.15, 0.2) is 0 Å². The van der Waals surface area contributed by atoms with Gasteiger partial charge in [-0.05, 0) is 26.2 Å². The van der Waals surface area contributed by atoms with E-state index in [0.717, 1.165) is 19.6 Å². The fraction of sp³-hybridized carbons (Fsp3) is 0.800. The van der Waals surface area contributed by atoms with Crippen molar-refractivity contribution < 1.29 is 4.74 Å². The topological polar surface area (TPSA) is 21.3 Å². The van der Waals surface area contributed by atoms with Gasteiger partial charge in [-0.2, -0.15) is 0 Å². The van der Waals surface area contributed by atoms with Crippen LogP contribution in [0.5, 0.6) is 0 Å². The summed E-state index contributed by atoms with van der Waals surface area (Å²) in [6.07, 6.45) is 6.80. The molecule has 1 fully saturated rings. The van der Waals surface area contributed by atoms with E-state index >= 15 is 0 Å². The van der Waals surface area contributed by atoms with Crippen molar-refractivity contribution in [1.29, 1.82) is 0 Å². The van der Waals surface area contributed by atoms with E-state index in [1.165, 1.54) is 0 Å². The van der Waals surface area contributed by atoms with E-state index in [2.05, 4.69) is 18.2 Å². The van der Waals surface area contributed by atoms with Crippen LogP contribution in [0, 0.1) is 18.3 Å². The Kier molecular flexibility index (Phi) is 3.58. The zero-order valence-corrected chi connectivity index (χ0v) is 7.84. The molecule has 1 saturated heterocycles. The number of ether oxygens (including phenoxy) is 1. The van der Waals surface area contributed by atoms with Crippen LogP contribution in [0.2, 0.25) is 0 Å². The van der Waals surface area contributed by atoms with E-state index in [-0.39, 0.29) is 6.04 Å². The summed E-state index contributed by atoms with van der Waals surface area (Å²) >= 11 is 0. The van der Waals surface area contributed by atoms with Crippen molar-refractivity contribution >= 4 is 0 Å². The van der Waals surface area contributed by atoms with Gasteiger partial charge in [-0.15, -0.1) is 6.42 Å². The molecule has 1 aliphatic heterocycles. The molecule has 0 amide bonds. The first-order valence-corrected chi connectivity index (χ1v) is 4.55. The highest BCUT2D eigenvalue weighted by molar-refractivity contribution is 4.96. The predicted molar refractivity (Wildman–Crippen MR) is 49.8 cm³/mol. The maximum Gasteiger partial charge on any atom is 0.0658 e. The molecule has 0 spiro atoms. The van der Waals surface area contributed by atoms with Gasteiger partial charge in [0.25, 0.3) is 0 Å². The normalized spacial score (nSPS) is 31.4. The van der Waals surface area contributed by atoms with Crippen molar-refractivity contribution in [2.45, 2.75) is 32.4 Å². The van der Waals surface area contributed by atoms with Gasteiger partial charge < -0.3 is 10.1 Å². The molecular weight excluding hydrogens is 150 g/mol. The van der Waals surface area contributed by atoms with Crippen molar-refractivity contribution in [3.63, 3.8) is 0 Å². The largest absolute Gasteiger partial charge is 0.378 e. The minimum absolute atomic E-state index is 0.179. The van der Waals surface area contributed by atoms with E-state index in [9.17, 15) is 0 Å². The van der Waals surface area contributed by atoms with Crippen LogP contribution in [-0.4, -0.2) is 25.3 Å². The van der Waals surface area contributed by atoms with Crippen molar-refractivity contribution in [2.24, 2.45) is 5.92 Å². The van der Waals surface area contributed by atoms with Crippen LogP contribution in [0.25, 0.3) is 0 Å². The fourth-order valence-corrected chi connectivity index (χ4v) is 1.43. The standard InChI is InChI=1S/C10H17NO/c1-4-8(2)11-7-10-5-6-12-9(10)3/h1,8-11H,5-7H2,2-3H3. The molecular formula is C10H17NO. The van der Waals surface area contributed by atoms with Crippen molar-refractivity contribution in [1.82, 2.24) is 5.32 Å². The Morgan fingerprint density at radius 2 is 2.50 bits per heavy atom. The summed E-state index contributed by atoms with van der Waals surface area (Å²) in [7, 11) is 0. The third-order valence-electron chi connectivity index (χ3n) is 2.47. The summed E-state index contributed by atoms with van der Waals surface area (Å²) in [5.74, 6) is 3.29. The summed E-state index contributed by atoms with van der Waals surface area (Å²) in [4.78, 5) is 0. The Hall–Kier alpha value is -0.520. The number of hydrogen-bond donors (Lipinski definition) is 1. The summed E-state index contributed by atoms with van der Waals surface area (Å²) in [5, 5.41) is 3.29. The summed E-state index contributed by atoms with van der Waals surface area (Å²) in [5.41, 5.74) is 0. The molecule has 0 saturated carbocycles. The van der Waals surface area contributed by atoms with Crippen molar-refractivity contribution in [2.75, 3.05) is 13.2 Å². The second-order valence-electron chi connectivity index (χ2n) is 3.42.